The molecule has 0 amide bonds. The van der Waals surface area contributed by atoms with E-state index in [1.54, 1.807) is 23.9 Å². The number of rotatable bonds is 4. The van der Waals surface area contributed by atoms with Crippen molar-refractivity contribution in [1.82, 2.24) is 9.97 Å². The first-order valence-corrected chi connectivity index (χ1v) is 8.30. The number of halogens is 2. The molecule has 19 heavy (non-hydrogen) atoms. The van der Waals surface area contributed by atoms with E-state index >= 15 is 0 Å². The second-order valence-electron chi connectivity index (χ2n) is 3.65. The van der Waals surface area contributed by atoms with E-state index in [0.29, 0.717) is 26.8 Å². The van der Waals surface area contributed by atoms with Crippen LogP contribution in [0.2, 0.25) is 10.0 Å². The van der Waals surface area contributed by atoms with E-state index in [4.69, 9.17) is 28.9 Å². The summed E-state index contributed by atoms with van der Waals surface area (Å²) >= 11 is 14.9. The maximum absolute atomic E-state index is 5.97. The largest absolute Gasteiger partial charge is 0.384 e. The molecule has 0 fully saturated rings. The average Bonchev–Trinajstić information content (AvgIpc) is 2.39. The van der Waals surface area contributed by atoms with Gasteiger partial charge >= 0.3 is 0 Å². The van der Waals surface area contributed by atoms with Crippen molar-refractivity contribution in [2.75, 3.05) is 12.0 Å². The lowest BCUT2D eigenvalue weighted by atomic mass is 10.2. The lowest BCUT2D eigenvalue weighted by molar-refractivity contribution is 0.900. The fourth-order valence-corrected chi connectivity index (χ4v) is 2.97. The van der Waals surface area contributed by atoms with Crippen molar-refractivity contribution in [1.29, 1.82) is 0 Å². The Balaban J connectivity index is 2.09. The normalized spacial score (nSPS) is 10.7. The van der Waals surface area contributed by atoms with Crippen LogP contribution < -0.4 is 5.73 Å². The third kappa shape index (κ3) is 4.18. The van der Waals surface area contributed by atoms with Crippen LogP contribution in [0, 0.1) is 0 Å². The molecule has 0 saturated heterocycles. The van der Waals surface area contributed by atoms with Crippen molar-refractivity contribution >= 4 is 52.5 Å². The van der Waals surface area contributed by atoms with Gasteiger partial charge in [-0.3, -0.25) is 0 Å². The molecular weight excluding hydrogens is 321 g/mol. The fraction of sp³-hybridized carbons (Fsp3) is 0.167. The Morgan fingerprint density at radius 2 is 1.95 bits per heavy atom. The molecule has 1 aromatic heterocycles. The van der Waals surface area contributed by atoms with Crippen LogP contribution in [0.5, 0.6) is 0 Å². The number of nitrogens with two attached hydrogens (primary N) is 1. The van der Waals surface area contributed by atoms with E-state index < -0.39 is 0 Å². The van der Waals surface area contributed by atoms with Crippen LogP contribution in [0.25, 0.3) is 0 Å². The van der Waals surface area contributed by atoms with Gasteiger partial charge in [-0.15, -0.1) is 11.8 Å². The molecule has 0 aliphatic rings. The summed E-state index contributed by atoms with van der Waals surface area (Å²) in [4.78, 5) is 8.58. The summed E-state index contributed by atoms with van der Waals surface area (Å²) in [6, 6.07) is 7.32. The lowest BCUT2D eigenvalue weighted by Gasteiger charge is -2.05. The SMILES string of the molecule is CSc1cc(N)nc(SCc2ccc(Cl)c(Cl)c2)n1. The zero-order valence-electron chi connectivity index (χ0n) is 10.1. The van der Waals surface area contributed by atoms with E-state index in [-0.39, 0.29) is 0 Å². The molecule has 1 heterocycles. The maximum atomic E-state index is 5.97. The van der Waals surface area contributed by atoms with E-state index in [1.165, 1.54) is 11.8 Å². The molecule has 0 bridgehead atoms. The van der Waals surface area contributed by atoms with Gasteiger partial charge < -0.3 is 5.73 Å². The second-order valence-corrected chi connectivity index (χ2v) is 6.24. The molecule has 0 spiro atoms. The summed E-state index contributed by atoms with van der Waals surface area (Å²) in [5.74, 6) is 1.20. The third-order valence-electron chi connectivity index (χ3n) is 2.26. The molecule has 0 radical (unpaired) electrons. The topological polar surface area (TPSA) is 51.8 Å². The van der Waals surface area contributed by atoms with E-state index in [2.05, 4.69) is 9.97 Å². The predicted octanol–water partition coefficient (Wildman–Crippen LogP) is 4.38. The highest BCUT2D eigenvalue weighted by Crippen LogP contribution is 2.27. The molecule has 0 atom stereocenters. The Morgan fingerprint density at radius 3 is 2.63 bits per heavy atom. The highest BCUT2D eigenvalue weighted by atomic mass is 35.5. The third-order valence-corrected chi connectivity index (χ3v) is 4.55. The number of hydrogen-bond acceptors (Lipinski definition) is 5. The van der Waals surface area contributed by atoms with Crippen LogP contribution in [-0.4, -0.2) is 16.2 Å². The Kier molecular flexibility index (Phi) is 5.21. The molecule has 1 aromatic carbocycles. The van der Waals surface area contributed by atoms with Gasteiger partial charge in [0.25, 0.3) is 0 Å². The van der Waals surface area contributed by atoms with E-state index in [1.807, 2.05) is 18.4 Å². The van der Waals surface area contributed by atoms with E-state index in [9.17, 15) is 0 Å². The van der Waals surface area contributed by atoms with Gasteiger partial charge in [-0.2, -0.15) is 0 Å². The number of thioether (sulfide) groups is 2. The summed E-state index contributed by atoms with van der Waals surface area (Å²) in [6.07, 6.45) is 1.95. The summed E-state index contributed by atoms with van der Waals surface area (Å²) in [7, 11) is 0. The van der Waals surface area contributed by atoms with E-state index in [0.717, 1.165) is 10.6 Å². The number of hydrogen-bond donors (Lipinski definition) is 1. The number of nitrogen functional groups attached to an aromatic ring is 1. The molecule has 0 saturated carbocycles. The first kappa shape index (κ1) is 14.8. The van der Waals surface area contributed by atoms with Crippen molar-refractivity contribution in [3.63, 3.8) is 0 Å². The molecule has 0 aliphatic carbocycles. The smallest absolute Gasteiger partial charge is 0.190 e. The van der Waals surface area contributed by atoms with Gasteiger partial charge in [-0.05, 0) is 24.0 Å². The summed E-state index contributed by atoms with van der Waals surface area (Å²) in [5, 5.41) is 2.64. The molecule has 7 heteroatoms. The van der Waals surface area contributed by atoms with Crippen molar-refractivity contribution in [2.24, 2.45) is 0 Å². The van der Waals surface area contributed by atoms with Crippen molar-refractivity contribution in [3.8, 4) is 0 Å². The number of aromatic nitrogens is 2. The maximum Gasteiger partial charge on any atom is 0.190 e. The van der Waals surface area contributed by atoms with Crippen LogP contribution in [0.15, 0.2) is 34.4 Å². The monoisotopic (exact) mass is 331 g/mol. The van der Waals surface area contributed by atoms with Gasteiger partial charge in [0.2, 0.25) is 0 Å². The van der Waals surface area contributed by atoms with Crippen molar-refractivity contribution in [3.05, 3.63) is 39.9 Å². The fourth-order valence-electron chi connectivity index (χ4n) is 1.37. The number of nitrogens with zero attached hydrogens (tertiary/aromatic N) is 2. The lowest BCUT2D eigenvalue weighted by Crippen LogP contribution is -1.96. The van der Waals surface area contributed by atoms with Gasteiger partial charge in [0.05, 0.1) is 10.0 Å². The zero-order valence-corrected chi connectivity index (χ0v) is 13.2. The van der Waals surface area contributed by atoms with Crippen LogP contribution in [0.4, 0.5) is 5.82 Å². The van der Waals surface area contributed by atoms with Crippen LogP contribution >= 0.6 is 46.7 Å². The van der Waals surface area contributed by atoms with Gasteiger partial charge in [-0.1, -0.05) is 41.0 Å². The molecular formula is C12H11Cl2N3S2. The van der Waals surface area contributed by atoms with Crippen LogP contribution in [0.3, 0.4) is 0 Å². The molecule has 0 unspecified atom stereocenters. The number of benzene rings is 1. The molecule has 2 N–H and O–H groups in total. The first-order valence-electron chi connectivity index (χ1n) is 5.34. The highest BCUT2D eigenvalue weighted by Gasteiger charge is 2.05. The summed E-state index contributed by atoms with van der Waals surface area (Å²) < 4.78 is 0. The van der Waals surface area contributed by atoms with Crippen molar-refractivity contribution < 1.29 is 0 Å². The molecule has 0 aliphatic heterocycles. The van der Waals surface area contributed by atoms with Gasteiger partial charge in [0.15, 0.2) is 5.16 Å². The Bertz CT molecular complexity index is 593. The molecule has 2 rings (SSSR count). The predicted molar refractivity (Wildman–Crippen MR) is 84.2 cm³/mol. The number of anilines is 1. The summed E-state index contributed by atoms with van der Waals surface area (Å²) in [6.45, 7) is 0. The molecule has 3 nitrogen and oxygen atoms in total. The summed E-state index contributed by atoms with van der Waals surface area (Å²) in [5.41, 5.74) is 6.80. The van der Waals surface area contributed by atoms with Crippen molar-refractivity contribution in [2.45, 2.75) is 15.9 Å². The standard InChI is InChI=1S/C12H11Cl2N3S2/c1-18-11-5-10(15)16-12(17-11)19-6-7-2-3-8(13)9(14)4-7/h2-5H,6H2,1H3,(H2,15,16,17). The Morgan fingerprint density at radius 1 is 1.16 bits per heavy atom. The molecule has 2 aromatic rings. The zero-order chi connectivity index (χ0) is 13.8. The quantitative estimate of drug-likeness (QED) is 0.511. The van der Waals surface area contributed by atoms with Gasteiger partial charge in [0, 0.05) is 11.8 Å². The minimum Gasteiger partial charge on any atom is -0.384 e. The van der Waals surface area contributed by atoms with Gasteiger partial charge in [0.1, 0.15) is 10.8 Å². The molecule has 100 valence electrons. The van der Waals surface area contributed by atoms with Gasteiger partial charge in [-0.25, -0.2) is 9.97 Å². The first-order chi connectivity index (χ1) is 9.08. The second kappa shape index (κ2) is 6.70. The average molecular weight is 332 g/mol. The minimum absolute atomic E-state index is 0.482. The Labute approximate surface area is 130 Å². The highest BCUT2D eigenvalue weighted by molar-refractivity contribution is 7.99. The van der Waals surface area contributed by atoms with Crippen LogP contribution in [-0.2, 0) is 5.75 Å². The minimum atomic E-state index is 0.482. The Hall–Kier alpha value is -0.620. The van der Waals surface area contributed by atoms with Crippen LogP contribution in [0.1, 0.15) is 5.56 Å².